The number of benzene rings is 2. The van der Waals surface area contributed by atoms with Gasteiger partial charge in [-0.05, 0) is 43.9 Å². The third kappa shape index (κ3) is 5.55. The standard InChI is InChI=1S/C25H31N5O3/c1-27-24(29-17-26)30-18-12-14-25(15-13-18,20-9-5-7-11-22(20)33-3)16-28-23(31)19-8-4-6-10-21(19)32-2/h4-11,18H,12-16H2,1-3H3,(H,28,31)(H2,27,29,30)/t18-,25-. The second kappa shape index (κ2) is 11.2. The lowest BCUT2D eigenvalue weighted by molar-refractivity contribution is 0.0931. The predicted octanol–water partition coefficient (Wildman–Crippen LogP) is 2.96. The number of rotatable bonds is 7. The van der Waals surface area contributed by atoms with Gasteiger partial charge in [-0.15, -0.1) is 4.99 Å². The van der Waals surface area contributed by atoms with Gasteiger partial charge in [-0.2, -0.15) is 5.26 Å². The molecule has 2 aromatic carbocycles. The summed E-state index contributed by atoms with van der Waals surface area (Å²) in [7, 11) is 4.97. The average Bonchev–Trinajstić information content (AvgIpc) is 2.87. The van der Waals surface area contributed by atoms with Crippen LogP contribution in [0, 0.1) is 11.5 Å². The summed E-state index contributed by atoms with van der Waals surface area (Å²) in [6.07, 6.45) is 5.19. The number of nitriles is 1. The molecule has 3 N–H and O–H groups in total. The Bertz CT molecular complexity index is 1020. The van der Waals surface area contributed by atoms with Crippen molar-refractivity contribution in [1.82, 2.24) is 16.0 Å². The minimum Gasteiger partial charge on any atom is -0.496 e. The van der Waals surface area contributed by atoms with Gasteiger partial charge in [0, 0.05) is 30.6 Å². The number of carbonyl (C=O) groups excluding carboxylic acids is 1. The minimum absolute atomic E-state index is 0.166. The van der Waals surface area contributed by atoms with E-state index in [0.717, 1.165) is 37.0 Å². The number of ether oxygens (including phenoxy) is 2. The molecular weight excluding hydrogens is 418 g/mol. The summed E-state index contributed by atoms with van der Waals surface area (Å²) in [6.45, 7) is 0.474. The fraction of sp³-hybridized carbons (Fsp3) is 0.400. The highest BCUT2D eigenvalue weighted by Gasteiger charge is 2.39. The zero-order valence-electron chi connectivity index (χ0n) is 19.4. The van der Waals surface area contributed by atoms with Crippen molar-refractivity contribution < 1.29 is 14.3 Å². The van der Waals surface area contributed by atoms with Crippen molar-refractivity contribution in [2.45, 2.75) is 37.1 Å². The summed E-state index contributed by atoms with van der Waals surface area (Å²) in [6, 6.07) is 15.4. The van der Waals surface area contributed by atoms with Crippen molar-refractivity contribution in [1.29, 1.82) is 5.26 Å². The lowest BCUT2D eigenvalue weighted by Crippen LogP contribution is -2.49. The topological polar surface area (TPSA) is 108 Å². The number of carbonyl (C=O) groups is 1. The largest absolute Gasteiger partial charge is 0.496 e. The number of methoxy groups -OCH3 is 2. The number of hydrogen-bond acceptors (Lipinski definition) is 5. The van der Waals surface area contributed by atoms with Gasteiger partial charge in [-0.3, -0.25) is 4.79 Å². The fourth-order valence-corrected chi connectivity index (χ4v) is 4.52. The molecule has 1 aliphatic rings. The van der Waals surface area contributed by atoms with E-state index in [2.05, 4.69) is 27.0 Å². The summed E-state index contributed by atoms with van der Waals surface area (Å²) >= 11 is 0. The zero-order chi connectivity index (χ0) is 23.7. The maximum Gasteiger partial charge on any atom is 0.255 e. The average molecular weight is 450 g/mol. The molecule has 0 aliphatic heterocycles. The summed E-state index contributed by atoms with van der Waals surface area (Å²) in [5, 5.41) is 18.2. The monoisotopic (exact) mass is 449 g/mol. The number of guanidine groups is 1. The van der Waals surface area contributed by atoms with E-state index in [0.29, 0.717) is 23.8 Å². The first kappa shape index (κ1) is 23.9. The smallest absolute Gasteiger partial charge is 0.255 e. The van der Waals surface area contributed by atoms with E-state index in [1.54, 1.807) is 33.4 Å². The van der Waals surface area contributed by atoms with Gasteiger partial charge in [0.25, 0.3) is 5.91 Å². The molecule has 1 fully saturated rings. The van der Waals surface area contributed by atoms with E-state index in [1.165, 1.54) is 0 Å². The maximum atomic E-state index is 13.0. The molecular formula is C25H31N5O3. The van der Waals surface area contributed by atoms with E-state index in [1.807, 2.05) is 36.5 Å². The number of amides is 1. The van der Waals surface area contributed by atoms with E-state index in [9.17, 15) is 4.79 Å². The van der Waals surface area contributed by atoms with Gasteiger partial charge in [0.05, 0.1) is 19.8 Å². The molecule has 8 heteroatoms. The van der Waals surface area contributed by atoms with Gasteiger partial charge in [-0.25, -0.2) is 0 Å². The van der Waals surface area contributed by atoms with Crippen LogP contribution in [0.2, 0.25) is 0 Å². The molecule has 0 atom stereocenters. The van der Waals surface area contributed by atoms with Gasteiger partial charge >= 0.3 is 0 Å². The Morgan fingerprint density at radius 2 is 1.73 bits per heavy atom. The number of nitrogens with zero attached hydrogens (tertiary/aromatic N) is 2. The molecule has 0 saturated heterocycles. The van der Waals surface area contributed by atoms with Gasteiger partial charge < -0.3 is 25.4 Å². The van der Waals surface area contributed by atoms with Crippen molar-refractivity contribution in [2.75, 3.05) is 27.8 Å². The Morgan fingerprint density at radius 1 is 1.09 bits per heavy atom. The van der Waals surface area contributed by atoms with E-state index < -0.39 is 0 Å². The highest BCUT2D eigenvalue weighted by molar-refractivity contribution is 5.97. The molecule has 0 bridgehead atoms. The normalized spacial score (nSPS) is 20.3. The molecule has 1 amide bonds. The van der Waals surface area contributed by atoms with Gasteiger partial charge in [0.2, 0.25) is 12.2 Å². The quantitative estimate of drug-likeness (QED) is 0.341. The van der Waals surface area contributed by atoms with Crippen molar-refractivity contribution in [3.05, 3.63) is 59.7 Å². The Balaban J connectivity index is 1.82. The summed E-state index contributed by atoms with van der Waals surface area (Å²) in [5.74, 6) is 1.67. The van der Waals surface area contributed by atoms with Gasteiger partial charge in [0.1, 0.15) is 11.5 Å². The molecule has 33 heavy (non-hydrogen) atoms. The van der Waals surface area contributed by atoms with E-state index >= 15 is 0 Å². The molecule has 174 valence electrons. The third-order valence-electron chi connectivity index (χ3n) is 6.30. The molecule has 0 aromatic heterocycles. The molecule has 0 radical (unpaired) electrons. The van der Waals surface area contributed by atoms with Crippen molar-refractivity contribution in [2.24, 2.45) is 4.99 Å². The van der Waals surface area contributed by atoms with Crippen LogP contribution in [-0.4, -0.2) is 45.7 Å². The predicted molar refractivity (Wildman–Crippen MR) is 127 cm³/mol. The van der Waals surface area contributed by atoms with Crippen LogP contribution < -0.4 is 25.4 Å². The van der Waals surface area contributed by atoms with Crippen LogP contribution in [0.15, 0.2) is 53.5 Å². The summed E-state index contributed by atoms with van der Waals surface area (Å²) in [4.78, 5) is 16.8. The Labute approximate surface area is 195 Å². The molecule has 0 heterocycles. The van der Waals surface area contributed by atoms with Gasteiger partial charge in [0.15, 0.2) is 0 Å². The number of hydrogen-bond donors (Lipinski definition) is 3. The number of para-hydroxylation sites is 2. The first-order chi connectivity index (χ1) is 16.1. The highest BCUT2D eigenvalue weighted by Crippen LogP contribution is 2.43. The van der Waals surface area contributed by atoms with Crippen molar-refractivity contribution in [3.8, 4) is 17.7 Å². The SMILES string of the molecule is CN/C(=N\C#N)N[C@H]1CC[C@](CNC(=O)c2ccccc2OC)(c2ccccc2OC)CC1. The van der Waals surface area contributed by atoms with Crippen LogP contribution in [0.3, 0.4) is 0 Å². The van der Waals surface area contributed by atoms with Crippen LogP contribution in [0.25, 0.3) is 0 Å². The number of aliphatic imine (C=N–C) groups is 1. The van der Waals surface area contributed by atoms with Crippen molar-refractivity contribution in [3.63, 3.8) is 0 Å². The summed E-state index contributed by atoms with van der Waals surface area (Å²) in [5.41, 5.74) is 1.32. The Morgan fingerprint density at radius 3 is 2.36 bits per heavy atom. The molecule has 2 aromatic rings. The second-order valence-electron chi connectivity index (χ2n) is 8.09. The third-order valence-corrected chi connectivity index (χ3v) is 6.30. The first-order valence-electron chi connectivity index (χ1n) is 11.0. The van der Waals surface area contributed by atoms with Crippen LogP contribution in [0.4, 0.5) is 0 Å². The Kier molecular flexibility index (Phi) is 8.14. The first-order valence-corrected chi connectivity index (χ1v) is 11.0. The molecule has 8 nitrogen and oxygen atoms in total. The maximum absolute atomic E-state index is 13.0. The van der Waals surface area contributed by atoms with Crippen LogP contribution in [0.5, 0.6) is 11.5 Å². The van der Waals surface area contributed by atoms with Crippen LogP contribution in [0.1, 0.15) is 41.6 Å². The van der Waals surface area contributed by atoms with Crippen LogP contribution in [-0.2, 0) is 5.41 Å². The highest BCUT2D eigenvalue weighted by atomic mass is 16.5. The Hall–Kier alpha value is -3.73. The zero-order valence-corrected chi connectivity index (χ0v) is 19.4. The molecule has 1 aliphatic carbocycles. The lowest BCUT2D eigenvalue weighted by Gasteiger charge is -2.41. The van der Waals surface area contributed by atoms with Crippen LogP contribution >= 0.6 is 0 Å². The second-order valence-corrected chi connectivity index (χ2v) is 8.09. The van der Waals surface area contributed by atoms with E-state index in [-0.39, 0.29) is 17.4 Å². The molecule has 0 spiro atoms. The molecule has 3 rings (SSSR count). The van der Waals surface area contributed by atoms with Gasteiger partial charge in [-0.1, -0.05) is 30.3 Å². The minimum atomic E-state index is -0.283. The number of nitrogens with one attached hydrogen (secondary N) is 3. The summed E-state index contributed by atoms with van der Waals surface area (Å²) < 4.78 is 11.0. The fourth-order valence-electron chi connectivity index (χ4n) is 4.52. The molecule has 0 unspecified atom stereocenters. The van der Waals surface area contributed by atoms with E-state index in [4.69, 9.17) is 14.7 Å². The van der Waals surface area contributed by atoms with Crippen molar-refractivity contribution >= 4 is 11.9 Å². The lowest BCUT2D eigenvalue weighted by atomic mass is 9.67. The molecule has 1 saturated carbocycles.